The highest BCUT2D eigenvalue weighted by atomic mass is 35.5. The van der Waals surface area contributed by atoms with Crippen LogP contribution in [0.3, 0.4) is 0 Å². The monoisotopic (exact) mass is 257 g/mol. The molecule has 0 aliphatic heterocycles. The summed E-state index contributed by atoms with van der Waals surface area (Å²) in [6.07, 6.45) is 0. The fourth-order valence-corrected chi connectivity index (χ4v) is 1.53. The number of aromatic hydroxyl groups is 1. The summed E-state index contributed by atoms with van der Waals surface area (Å²) in [5.74, 6) is -0.221. The SMILES string of the molecule is COC(=O)C(C)(C)NCc1cc(Cl)ccc1O. The zero-order valence-corrected chi connectivity index (χ0v) is 10.8. The van der Waals surface area contributed by atoms with E-state index in [2.05, 4.69) is 10.1 Å². The number of benzene rings is 1. The molecule has 0 fully saturated rings. The molecule has 0 aromatic heterocycles. The fraction of sp³-hybridized carbons (Fsp3) is 0.417. The number of esters is 1. The van der Waals surface area contributed by atoms with Gasteiger partial charge in [-0.2, -0.15) is 0 Å². The van der Waals surface area contributed by atoms with E-state index in [9.17, 15) is 9.90 Å². The lowest BCUT2D eigenvalue weighted by Gasteiger charge is -2.23. The molecule has 1 aromatic rings. The molecule has 2 N–H and O–H groups in total. The molecule has 1 rings (SSSR count). The molecule has 94 valence electrons. The average molecular weight is 258 g/mol. The summed E-state index contributed by atoms with van der Waals surface area (Å²) in [5, 5.41) is 13.2. The molecule has 0 aliphatic rings. The Morgan fingerprint density at radius 1 is 1.53 bits per heavy atom. The summed E-state index contributed by atoms with van der Waals surface area (Å²) in [5.41, 5.74) is -0.182. The van der Waals surface area contributed by atoms with Gasteiger partial charge in [0.15, 0.2) is 0 Å². The number of carbonyl (C=O) groups excluding carboxylic acids is 1. The molecule has 17 heavy (non-hydrogen) atoms. The van der Waals surface area contributed by atoms with Crippen LogP contribution in [0, 0.1) is 0 Å². The summed E-state index contributed by atoms with van der Waals surface area (Å²) in [7, 11) is 1.34. The van der Waals surface area contributed by atoms with Crippen LogP contribution in [0.1, 0.15) is 19.4 Å². The molecule has 0 unspecified atom stereocenters. The number of hydrogen-bond acceptors (Lipinski definition) is 4. The molecular weight excluding hydrogens is 242 g/mol. The zero-order valence-electron chi connectivity index (χ0n) is 10.1. The molecule has 0 radical (unpaired) electrons. The van der Waals surface area contributed by atoms with Gasteiger partial charge in [-0.25, -0.2) is 0 Å². The maximum absolute atomic E-state index is 11.4. The molecule has 5 heteroatoms. The topological polar surface area (TPSA) is 58.6 Å². The molecule has 0 spiro atoms. The molecule has 0 amide bonds. The van der Waals surface area contributed by atoms with Crippen LogP contribution in [0.2, 0.25) is 5.02 Å². The van der Waals surface area contributed by atoms with E-state index in [1.54, 1.807) is 26.0 Å². The highest BCUT2D eigenvalue weighted by Gasteiger charge is 2.27. The molecule has 0 atom stereocenters. The quantitative estimate of drug-likeness (QED) is 0.811. The van der Waals surface area contributed by atoms with Crippen molar-refractivity contribution in [2.75, 3.05) is 7.11 Å². The van der Waals surface area contributed by atoms with E-state index in [1.807, 2.05) is 0 Å². The van der Waals surface area contributed by atoms with Crippen LogP contribution >= 0.6 is 11.6 Å². The number of hydrogen-bond donors (Lipinski definition) is 2. The van der Waals surface area contributed by atoms with Crippen molar-refractivity contribution in [3.05, 3.63) is 28.8 Å². The molecule has 0 bridgehead atoms. The van der Waals surface area contributed by atoms with E-state index in [0.29, 0.717) is 17.1 Å². The molecule has 0 heterocycles. The Morgan fingerprint density at radius 3 is 2.76 bits per heavy atom. The first-order valence-corrected chi connectivity index (χ1v) is 5.55. The van der Waals surface area contributed by atoms with Gasteiger partial charge >= 0.3 is 5.97 Å². The third kappa shape index (κ3) is 3.61. The molecule has 0 saturated heterocycles. The van der Waals surface area contributed by atoms with E-state index in [1.165, 1.54) is 13.2 Å². The first-order valence-electron chi connectivity index (χ1n) is 5.17. The van der Waals surface area contributed by atoms with Gasteiger partial charge in [0, 0.05) is 17.1 Å². The lowest BCUT2D eigenvalue weighted by atomic mass is 10.1. The molecule has 1 aromatic carbocycles. The van der Waals surface area contributed by atoms with E-state index in [-0.39, 0.29) is 11.7 Å². The van der Waals surface area contributed by atoms with Gasteiger partial charge in [-0.1, -0.05) is 11.6 Å². The second-order valence-corrected chi connectivity index (χ2v) is 4.68. The van der Waals surface area contributed by atoms with Crippen LogP contribution < -0.4 is 5.32 Å². The fourth-order valence-electron chi connectivity index (χ4n) is 1.34. The van der Waals surface area contributed by atoms with Crippen molar-refractivity contribution in [2.45, 2.75) is 25.9 Å². The minimum atomic E-state index is -0.816. The van der Waals surface area contributed by atoms with E-state index in [0.717, 1.165) is 0 Å². The van der Waals surface area contributed by atoms with Crippen molar-refractivity contribution in [1.82, 2.24) is 5.32 Å². The van der Waals surface area contributed by atoms with Crippen LogP contribution in [-0.4, -0.2) is 23.7 Å². The average Bonchev–Trinajstić information content (AvgIpc) is 2.29. The molecular formula is C12H16ClNO3. The maximum Gasteiger partial charge on any atom is 0.325 e. The Labute approximate surface area is 106 Å². The lowest BCUT2D eigenvalue weighted by molar-refractivity contribution is -0.147. The lowest BCUT2D eigenvalue weighted by Crippen LogP contribution is -2.46. The highest BCUT2D eigenvalue weighted by Crippen LogP contribution is 2.22. The van der Waals surface area contributed by atoms with Gasteiger partial charge in [-0.3, -0.25) is 10.1 Å². The summed E-state index contributed by atoms with van der Waals surface area (Å²) in [6, 6.07) is 4.77. The number of ether oxygens (including phenoxy) is 1. The van der Waals surface area contributed by atoms with Gasteiger partial charge in [0.2, 0.25) is 0 Å². The summed E-state index contributed by atoms with van der Waals surface area (Å²) >= 11 is 5.83. The third-order valence-corrected chi connectivity index (χ3v) is 2.69. The molecule has 0 aliphatic carbocycles. The summed E-state index contributed by atoms with van der Waals surface area (Å²) in [4.78, 5) is 11.4. The number of rotatable bonds is 4. The van der Waals surface area contributed by atoms with E-state index in [4.69, 9.17) is 11.6 Å². The normalized spacial score (nSPS) is 11.3. The van der Waals surface area contributed by atoms with Crippen molar-refractivity contribution >= 4 is 17.6 Å². The van der Waals surface area contributed by atoms with Crippen molar-refractivity contribution < 1.29 is 14.6 Å². The van der Waals surface area contributed by atoms with Crippen LogP contribution in [-0.2, 0) is 16.1 Å². The van der Waals surface area contributed by atoms with Gasteiger partial charge in [-0.05, 0) is 32.0 Å². The van der Waals surface area contributed by atoms with Crippen LogP contribution in [0.5, 0.6) is 5.75 Å². The number of nitrogens with one attached hydrogen (secondary N) is 1. The largest absolute Gasteiger partial charge is 0.508 e. The Hall–Kier alpha value is -1.26. The Balaban J connectivity index is 2.73. The summed E-state index contributed by atoms with van der Waals surface area (Å²) < 4.78 is 4.67. The maximum atomic E-state index is 11.4. The second kappa shape index (κ2) is 5.38. The smallest absolute Gasteiger partial charge is 0.325 e. The number of carbonyl (C=O) groups is 1. The standard InChI is InChI=1S/C12H16ClNO3/c1-12(2,11(16)17-3)14-7-8-6-9(13)4-5-10(8)15/h4-6,14-15H,7H2,1-3H3. The summed E-state index contributed by atoms with van der Waals surface area (Å²) in [6.45, 7) is 3.75. The number of phenols is 1. The van der Waals surface area contributed by atoms with Crippen LogP contribution in [0.4, 0.5) is 0 Å². The van der Waals surface area contributed by atoms with Gasteiger partial charge < -0.3 is 9.84 Å². The Morgan fingerprint density at radius 2 is 2.18 bits per heavy atom. The molecule has 4 nitrogen and oxygen atoms in total. The Bertz CT molecular complexity index is 418. The van der Waals surface area contributed by atoms with Gasteiger partial charge in [0.1, 0.15) is 11.3 Å². The Kier molecular flexibility index (Phi) is 4.37. The zero-order chi connectivity index (χ0) is 13.1. The van der Waals surface area contributed by atoms with E-state index >= 15 is 0 Å². The van der Waals surface area contributed by atoms with Gasteiger partial charge in [0.05, 0.1) is 7.11 Å². The van der Waals surface area contributed by atoms with E-state index < -0.39 is 5.54 Å². The first-order chi connectivity index (χ1) is 7.86. The van der Waals surface area contributed by atoms with Crippen molar-refractivity contribution in [2.24, 2.45) is 0 Å². The third-order valence-electron chi connectivity index (χ3n) is 2.46. The number of methoxy groups -OCH3 is 1. The van der Waals surface area contributed by atoms with Gasteiger partial charge in [-0.15, -0.1) is 0 Å². The molecule has 0 saturated carbocycles. The minimum Gasteiger partial charge on any atom is -0.508 e. The van der Waals surface area contributed by atoms with Crippen LogP contribution in [0.25, 0.3) is 0 Å². The highest BCUT2D eigenvalue weighted by molar-refractivity contribution is 6.30. The first kappa shape index (κ1) is 13.8. The van der Waals surface area contributed by atoms with Gasteiger partial charge in [0.25, 0.3) is 0 Å². The predicted molar refractivity (Wildman–Crippen MR) is 66.1 cm³/mol. The second-order valence-electron chi connectivity index (χ2n) is 4.24. The van der Waals surface area contributed by atoms with Crippen LogP contribution in [0.15, 0.2) is 18.2 Å². The van der Waals surface area contributed by atoms with Crippen molar-refractivity contribution in [3.8, 4) is 5.75 Å². The minimum absolute atomic E-state index is 0.141. The number of halogens is 1. The van der Waals surface area contributed by atoms with Crippen molar-refractivity contribution in [3.63, 3.8) is 0 Å². The van der Waals surface area contributed by atoms with Crippen molar-refractivity contribution in [1.29, 1.82) is 0 Å². The predicted octanol–water partition coefficient (Wildman–Crippen LogP) is 2.09. The number of phenolic OH excluding ortho intramolecular Hbond substituents is 1.